The Balaban J connectivity index is 2.48. The summed E-state index contributed by atoms with van der Waals surface area (Å²) in [5.74, 6) is -7.07. The highest BCUT2D eigenvalue weighted by Gasteiger charge is 2.51. The van der Waals surface area contributed by atoms with E-state index in [-0.39, 0.29) is 0 Å². The number of sulfone groups is 1. The Kier molecular flexibility index (Phi) is 4.84. The number of aliphatic carboxylic acids is 4. The summed E-state index contributed by atoms with van der Waals surface area (Å²) in [7, 11) is -4.49. The van der Waals surface area contributed by atoms with E-state index < -0.39 is 67.2 Å². The van der Waals surface area contributed by atoms with E-state index in [2.05, 4.69) is 0 Å². The molecule has 4 N–H and O–H groups in total. The number of rotatable bonds is 6. The number of hydrogen-bond donors (Lipinski definition) is 4. The van der Waals surface area contributed by atoms with Crippen molar-refractivity contribution in [2.75, 3.05) is 0 Å². The third kappa shape index (κ3) is 3.05. The minimum atomic E-state index is -4.49. The maximum atomic E-state index is 12.8. The molecule has 2 aliphatic rings. The molecule has 0 amide bonds. The van der Waals surface area contributed by atoms with Gasteiger partial charge in [-0.2, -0.15) is 0 Å². The van der Waals surface area contributed by atoms with Crippen molar-refractivity contribution in [3.05, 3.63) is 46.3 Å². The van der Waals surface area contributed by atoms with Crippen molar-refractivity contribution in [2.24, 2.45) is 10.8 Å². The zero-order chi connectivity index (χ0) is 20.6. The molecule has 0 saturated carbocycles. The molecule has 0 atom stereocenters. The smallest absolute Gasteiger partial charge is 0.325 e. The first-order valence-corrected chi connectivity index (χ1v) is 8.84. The fraction of sp³-hybridized carbons (Fsp3) is 0.250. The van der Waals surface area contributed by atoms with Gasteiger partial charge in [0.1, 0.15) is 0 Å². The van der Waals surface area contributed by atoms with Crippen LogP contribution >= 0.6 is 0 Å². The molecule has 0 aliphatic heterocycles. The number of carboxylic acid groups (broad SMARTS) is 4. The normalized spacial score (nSPS) is 20.3. The van der Waals surface area contributed by atoms with Crippen LogP contribution in [0.15, 0.2) is 46.3 Å². The predicted octanol–water partition coefficient (Wildman–Crippen LogP) is 0.400. The molecule has 0 heterocycles. The van der Waals surface area contributed by atoms with Gasteiger partial charge in [0.2, 0.25) is 0 Å². The number of allylic oxidation sites excluding steroid dienone is 6. The second-order valence-electron chi connectivity index (χ2n) is 6.00. The highest BCUT2D eigenvalue weighted by molar-refractivity contribution is 7.99. The third-order valence-electron chi connectivity index (χ3n) is 4.45. The van der Waals surface area contributed by atoms with Crippen molar-refractivity contribution >= 4 is 33.7 Å². The Morgan fingerprint density at radius 3 is 1.26 bits per heavy atom. The number of hydrogen-bond acceptors (Lipinski definition) is 6. The van der Waals surface area contributed by atoms with E-state index in [9.17, 15) is 48.0 Å². The lowest BCUT2D eigenvalue weighted by Gasteiger charge is -2.28. The molecular weight excluding hydrogens is 384 g/mol. The molecule has 2 aliphatic carbocycles. The van der Waals surface area contributed by atoms with Crippen molar-refractivity contribution in [3.63, 3.8) is 0 Å². The first kappa shape index (κ1) is 20.1. The van der Waals surface area contributed by atoms with Crippen molar-refractivity contribution in [2.45, 2.75) is 12.8 Å². The summed E-state index contributed by atoms with van der Waals surface area (Å²) in [5.41, 5.74) is -5.00. The molecule has 0 aromatic heterocycles. The summed E-state index contributed by atoms with van der Waals surface area (Å²) < 4.78 is 25.7. The molecule has 27 heavy (non-hydrogen) atoms. The Bertz CT molecular complexity index is 861. The van der Waals surface area contributed by atoms with Crippen LogP contribution in [0, 0.1) is 10.8 Å². The molecule has 2 rings (SSSR count). The van der Waals surface area contributed by atoms with Crippen molar-refractivity contribution in [1.82, 2.24) is 0 Å². The van der Waals surface area contributed by atoms with E-state index in [4.69, 9.17) is 0 Å². The van der Waals surface area contributed by atoms with Crippen LogP contribution in [0.3, 0.4) is 0 Å². The zero-order valence-corrected chi connectivity index (χ0v) is 14.3. The zero-order valence-electron chi connectivity index (χ0n) is 13.5. The summed E-state index contributed by atoms with van der Waals surface area (Å²) in [6, 6.07) is 0. The van der Waals surface area contributed by atoms with Gasteiger partial charge in [-0.1, -0.05) is 24.3 Å². The first-order valence-electron chi connectivity index (χ1n) is 7.35. The Labute approximate surface area is 152 Å². The number of carboxylic acids is 4. The van der Waals surface area contributed by atoms with Gasteiger partial charge in [0.05, 0.1) is 9.81 Å². The van der Waals surface area contributed by atoms with Gasteiger partial charge in [0.25, 0.3) is 0 Å². The van der Waals surface area contributed by atoms with Crippen LogP contribution in [0.25, 0.3) is 0 Å². The van der Waals surface area contributed by atoms with Crippen LogP contribution in [0.5, 0.6) is 0 Å². The summed E-state index contributed by atoms with van der Waals surface area (Å²) in [4.78, 5) is 44.5. The van der Waals surface area contributed by atoms with E-state index in [0.717, 1.165) is 36.5 Å². The molecule has 0 bridgehead atoms. The molecule has 144 valence electrons. The van der Waals surface area contributed by atoms with Gasteiger partial charge in [-0.3, -0.25) is 19.2 Å². The molecule has 0 fully saturated rings. The number of carbonyl (C=O) groups is 4. The maximum absolute atomic E-state index is 12.8. The van der Waals surface area contributed by atoms with Crippen LogP contribution in [-0.2, 0) is 29.0 Å². The highest BCUT2D eigenvalue weighted by Crippen LogP contribution is 2.41. The van der Waals surface area contributed by atoms with Crippen molar-refractivity contribution in [1.29, 1.82) is 0 Å². The van der Waals surface area contributed by atoms with Gasteiger partial charge < -0.3 is 20.4 Å². The van der Waals surface area contributed by atoms with E-state index >= 15 is 0 Å². The fourth-order valence-corrected chi connectivity index (χ4v) is 4.42. The van der Waals surface area contributed by atoms with Crippen LogP contribution < -0.4 is 0 Å². The van der Waals surface area contributed by atoms with E-state index in [1.54, 1.807) is 0 Å². The third-order valence-corrected chi connectivity index (χ3v) is 6.39. The second kappa shape index (κ2) is 6.50. The van der Waals surface area contributed by atoms with Gasteiger partial charge in [0, 0.05) is 12.8 Å². The molecule has 11 heteroatoms. The largest absolute Gasteiger partial charge is 0.480 e. The van der Waals surface area contributed by atoms with Crippen molar-refractivity contribution in [3.8, 4) is 0 Å². The Hall–Kier alpha value is -3.21. The summed E-state index contributed by atoms with van der Waals surface area (Å²) in [6.07, 6.45) is 3.83. The summed E-state index contributed by atoms with van der Waals surface area (Å²) in [6.45, 7) is 0. The standard InChI is InChI=1S/C16H14O10S/c17-11(18)15(12(19)20)5-1-3-9(7-15)27(25,26)10-4-2-6-16(8-10,13(21)22)14(23)24/h1-6H,7-8H2,(H,17,18)(H,19,20)(H,21,22)(H,23,24). The summed E-state index contributed by atoms with van der Waals surface area (Å²) in [5, 5.41) is 37.0. The van der Waals surface area contributed by atoms with Crippen LogP contribution in [-0.4, -0.2) is 52.7 Å². The van der Waals surface area contributed by atoms with Crippen LogP contribution in [0.1, 0.15) is 12.8 Å². The van der Waals surface area contributed by atoms with Gasteiger partial charge >= 0.3 is 23.9 Å². The molecule has 0 spiro atoms. The van der Waals surface area contributed by atoms with Gasteiger partial charge in [-0.05, 0) is 12.2 Å². The van der Waals surface area contributed by atoms with Crippen LogP contribution in [0.4, 0.5) is 0 Å². The molecule has 0 radical (unpaired) electrons. The monoisotopic (exact) mass is 398 g/mol. The Morgan fingerprint density at radius 2 is 1.00 bits per heavy atom. The topological polar surface area (TPSA) is 183 Å². The molecule has 0 saturated heterocycles. The molecule has 0 aromatic carbocycles. The minimum absolute atomic E-state index is 0.568. The van der Waals surface area contributed by atoms with Gasteiger partial charge in [-0.15, -0.1) is 0 Å². The lowest BCUT2D eigenvalue weighted by atomic mass is 9.81. The molecule has 0 unspecified atom stereocenters. The SMILES string of the molecule is O=C(O)C1(C(=O)O)C=CC=C(S(=O)(=O)C2=CC=CC(C(=O)O)(C(=O)O)C2)C1. The summed E-state index contributed by atoms with van der Waals surface area (Å²) >= 11 is 0. The van der Waals surface area contributed by atoms with Gasteiger partial charge in [0.15, 0.2) is 20.7 Å². The lowest BCUT2D eigenvalue weighted by Crippen LogP contribution is -2.41. The lowest BCUT2D eigenvalue weighted by molar-refractivity contribution is -0.162. The second-order valence-corrected chi connectivity index (χ2v) is 8.06. The average molecular weight is 398 g/mol. The quantitative estimate of drug-likeness (QED) is 0.457. The minimum Gasteiger partial charge on any atom is -0.480 e. The van der Waals surface area contributed by atoms with E-state index in [1.807, 2.05) is 0 Å². The van der Waals surface area contributed by atoms with Gasteiger partial charge in [-0.25, -0.2) is 8.42 Å². The van der Waals surface area contributed by atoms with E-state index in [0.29, 0.717) is 0 Å². The van der Waals surface area contributed by atoms with Crippen LogP contribution in [0.2, 0.25) is 0 Å². The first-order chi connectivity index (χ1) is 12.4. The van der Waals surface area contributed by atoms with E-state index in [1.165, 1.54) is 0 Å². The predicted molar refractivity (Wildman–Crippen MR) is 88.0 cm³/mol. The van der Waals surface area contributed by atoms with Crippen molar-refractivity contribution < 1.29 is 48.0 Å². The Morgan fingerprint density at radius 1 is 0.704 bits per heavy atom. The maximum Gasteiger partial charge on any atom is 0.325 e. The molecule has 0 aromatic rings. The highest BCUT2D eigenvalue weighted by atomic mass is 32.2. The fourth-order valence-electron chi connectivity index (χ4n) is 2.73. The average Bonchev–Trinajstić information content (AvgIpc) is 2.61. The molecular formula is C16H14O10S. The molecule has 10 nitrogen and oxygen atoms in total.